The molecule has 2 rings (SSSR count). The van der Waals surface area contributed by atoms with Crippen LogP contribution in [0.4, 0.5) is 10.1 Å². The van der Waals surface area contributed by atoms with Gasteiger partial charge in [0.05, 0.1) is 10.2 Å². The second kappa shape index (κ2) is 6.27. The maximum absolute atomic E-state index is 13.3. The molecule has 1 unspecified atom stereocenters. The first-order valence-electron chi connectivity index (χ1n) is 6.53. The molecule has 0 saturated heterocycles. The summed E-state index contributed by atoms with van der Waals surface area (Å²) in [6.07, 6.45) is 1.10. The number of ether oxygens (including phenoxy) is 1. The lowest BCUT2D eigenvalue weighted by atomic mass is 9.99. The summed E-state index contributed by atoms with van der Waals surface area (Å²) in [6, 6.07) is 10.7. The highest BCUT2D eigenvalue weighted by Crippen LogP contribution is 2.32. The van der Waals surface area contributed by atoms with Crippen LogP contribution in [0.25, 0.3) is 0 Å². The van der Waals surface area contributed by atoms with Crippen LogP contribution in [0.5, 0.6) is 11.5 Å². The van der Waals surface area contributed by atoms with Gasteiger partial charge in [-0.2, -0.15) is 0 Å². The van der Waals surface area contributed by atoms with Crippen molar-refractivity contribution < 1.29 is 9.13 Å². The number of anilines is 1. The summed E-state index contributed by atoms with van der Waals surface area (Å²) in [5.41, 5.74) is 7.30. The lowest BCUT2D eigenvalue weighted by molar-refractivity contribution is 0.482. The zero-order valence-corrected chi connectivity index (χ0v) is 13.1. The fourth-order valence-electron chi connectivity index (χ4n) is 1.86. The summed E-state index contributed by atoms with van der Waals surface area (Å²) in [6.45, 7) is 4.34. The molecule has 0 amide bonds. The van der Waals surface area contributed by atoms with Crippen molar-refractivity contribution in [2.75, 3.05) is 5.73 Å². The van der Waals surface area contributed by atoms with E-state index in [1.165, 1.54) is 17.7 Å². The number of nitrogen functional groups attached to an aromatic ring is 1. The van der Waals surface area contributed by atoms with Gasteiger partial charge in [-0.15, -0.1) is 0 Å². The molecular formula is C16H17BrFNO. The average molecular weight is 338 g/mol. The molecule has 0 aliphatic carbocycles. The van der Waals surface area contributed by atoms with Crippen molar-refractivity contribution >= 4 is 21.6 Å². The molecule has 2 aromatic carbocycles. The number of hydrogen-bond acceptors (Lipinski definition) is 2. The van der Waals surface area contributed by atoms with Crippen LogP contribution in [0.3, 0.4) is 0 Å². The van der Waals surface area contributed by atoms with Crippen LogP contribution in [-0.2, 0) is 0 Å². The summed E-state index contributed by atoms with van der Waals surface area (Å²) < 4.78 is 19.3. The van der Waals surface area contributed by atoms with E-state index in [4.69, 9.17) is 10.5 Å². The van der Waals surface area contributed by atoms with Crippen molar-refractivity contribution in [3.63, 3.8) is 0 Å². The van der Waals surface area contributed by atoms with Gasteiger partial charge >= 0.3 is 0 Å². The van der Waals surface area contributed by atoms with E-state index in [-0.39, 0.29) is 5.69 Å². The van der Waals surface area contributed by atoms with Crippen LogP contribution < -0.4 is 10.5 Å². The van der Waals surface area contributed by atoms with E-state index >= 15 is 0 Å². The fourth-order valence-corrected chi connectivity index (χ4v) is 2.18. The predicted octanol–water partition coefficient (Wildman–Crippen LogP) is 5.48. The third kappa shape index (κ3) is 3.31. The normalized spacial score (nSPS) is 12.2. The molecule has 4 heteroatoms. The number of halogens is 2. The van der Waals surface area contributed by atoms with Gasteiger partial charge in [0.1, 0.15) is 11.6 Å². The lowest BCUT2D eigenvalue weighted by Gasteiger charge is -2.12. The summed E-state index contributed by atoms with van der Waals surface area (Å²) in [5, 5.41) is 0. The first kappa shape index (κ1) is 14.9. The molecule has 106 valence electrons. The fraction of sp³-hybridized carbons (Fsp3) is 0.250. The Morgan fingerprint density at radius 2 is 1.90 bits per heavy atom. The minimum Gasteiger partial charge on any atom is -0.455 e. The Bertz CT molecular complexity index is 598. The van der Waals surface area contributed by atoms with Crippen LogP contribution >= 0.6 is 15.9 Å². The van der Waals surface area contributed by atoms with Gasteiger partial charge in [-0.05, 0) is 46.0 Å². The van der Waals surface area contributed by atoms with E-state index < -0.39 is 5.82 Å². The van der Waals surface area contributed by atoms with E-state index in [0.717, 1.165) is 6.42 Å². The molecule has 0 bridgehead atoms. The monoisotopic (exact) mass is 337 g/mol. The second-order valence-corrected chi connectivity index (χ2v) is 5.64. The minimum absolute atomic E-state index is 0.275. The number of rotatable bonds is 4. The van der Waals surface area contributed by atoms with E-state index in [2.05, 4.69) is 29.8 Å². The molecule has 0 aromatic heterocycles. The third-order valence-electron chi connectivity index (χ3n) is 3.34. The van der Waals surface area contributed by atoms with Gasteiger partial charge < -0.3 is 10.5 Å². The van der Waals surface area contributed by atoms with Crippen molar-refractivity contribution in [1.29, 1.82) is 0 Å². The van der Waals surface area contributed by atoms with Crippen LogP contribution in [0.1, 0.15) is 31.7 Å². The number of hydrogen-bond donors (Lipinski definition) is 1. The highest BCUT2D eigenvalue weighted by atomic mass is 79.9. The molecule has 0 aliphatic rings. The second-order valence-electron chi connectivity index (χ2n) is 4.78. The smallest absolute Gasteiger partial charge is 0.151 e. The number of nitrogens with two attached hydrogens (primary N) is 1. The molecule has 2 aromatic rings. The molecule has 1 atom stereocenters. The maximum Gasteiger partial charge on any atom is 0.151 e. The third-order valence-corrected chi connectivity index (χ3v) is 3.95. The van der Waals surface area contributed by atoms with E-state index in [1.54, 1.807) is 0 Å². The average Bonchev–Trinajstić information content (AvgIpc) is 2.44. The van der Waals surface area contributed by atoms with Crippen LogP contribution in [0.15, 0.2) is 40.9 Å². The van der Waals surface area contributed by atoms with Gasteiger partial charge in [-0.25, -0.2) is 4.39 Å². The van der Waals surface area contributed by atoms with Gasteiger partial charge in [-0.3, -0.25) is 0 Å². The van der Waals surface area contributed by atoms with Gasteiger partial charge in [0.15, 0.2) is 5.75 Å². The zero-order valence-electron chi connectivity index (χ0n) is 11.5. The largest absolute Gasteiger partial charge is 0.455 e. The highest BCUT2D eigenvalue weighted by molar-refractivity contribution is 9.10. The Balaban J connectivity index is 2.20. The van der Waals surface area contributed by atoms with Gasteiger partial charge in [0.25, 0.3) is 0 Å². The Morgan fingerprint density at radius 1 is 1.25 bits per heavy atom. The van der Waals surface area contributed by atoms with Crippen molar-refractivity contribution in [3.8, 4) is 11.5 Å². The molecule has 0 spiro atoms. The van der Waals surface area contributed by atoms with Gasteiger partial charge in [-0.1, -0.05) is 26.0 Å². The summed E-state index contributed by atoms with van der Waals surface area (Å²) in [7, 11) is 0. The molecular weight excluding hydrogens is 321 g/mol. The summed E-state index contributed by atoms with van der Waals surface area (Å²) >= 11 is 3.12. The van der Waals surface area contributed by atoms with Crippen molar-refractivity contribution in [1.82, 2.24) is 0 Å². The predicted molar refractivity (Wildman–Crippen MR) is 83.7 cm³/mol. The van der Waals surface area contributed by atoms with Crippen LogP contribution in [0, 0.1) is 5.82 Å². The van der Waals surface area contributed by atoms with Gasteiger partial charge in [0.2, 0.25) is 0 Å². The van der Waals surface area contributed by atoms with Crippen LogP contribution in [-0.4, -0.2) is 0 Å². The maximum atomic E-state index is 13.3. The molecule has 2 N–H and O–H groups in total. The van der Waals surface area contributed by atoms with Gasteiger partial charge in [0, 0.05) is 12.1 Å². The van der Waals surface area contributed by atoms with Crippen molar-refractivity contribution in [3.05, 3.63) is 52.3 Å². The Labute approximate surface area is 126 Å². The summed E-state index contributed by atoms with van der Waals surface area (Å²) in [5.74, 6) is 1.24. The topological polar surface area (TPSA) is 35.2 Å². The standard InChI is InChI=1S/C16H17BrFNO/c1-3-10(2)11-4-6-12(7-5-11)20-16-8-13(17)14(18)9-15(16)19/h4-10H,3,19H2,1-2H3. The molecule has 0 radical (unpaired) electrons. The number of benzene rings is 2. The quantitative estimate of drug-likeness (QED) is 0.750. The minimum atomic E-state index is -0.401. The van der Waals surface area contributed by atoms with Crippen molar-refractivity contribution in [2.24, 2.45) is 0 Å². The van der Waals surface area contributed by atoms with E-state index in [0.29, 0.717) is 21.9 Å². The molecule has 0 fully saturated rings. The first-order valence-corrected chi connectivity index (χ1v) is 7.33. The molecule has 0 heterocycles. The summed E-state index contributed by atoms with van der Waals surface area (Å²) in [4.78, 5) is 0. The Hall–Kier alpha value is -1.55. The molecule has 2 nitrogen and oxygen atoms in total. The van der Waals surface area contributed by atoms with Crippen molar-refractivity contribution in [2.45, 2.75) is 26.2 Å². The SMILES string of the molecule is CCC(C)c1ccc(Oc2cc(Br)c(F)cc2N)cc1. The van der Waals surface area contributed by atoms with E-state index in [1.807, 2.05) is 24.3 Å². The lowest BCUT2D eigenvalue weighted by Crippen LogP contribution is -1.95. The first-order chi connectivity index (χ1) is 9.51. The Kier molecular flexibility index (Phi) is 4.65. The Morgan fingerprint density at radius 3 is 2.50 bits per heavy atom. The van der Waals surface area contributed by atoms with Crippen LogP contribution in [0.2, 0.25) is 0 Å². The molecule has 0 saturated carbocycles. The van der Waals surface area contributed by atoms with E-state index in [9.17, 15) is 4.39 Å². The molecule has 0 aliphatic heterocycles. The zero-order chi connectivity index (χ0) is 14.7. The highest BCUT2D eigenvalue weighted by Gasteiger charge is 2.09. The molecule has 20 heavy (non-hydrogen) atoms.